The molecule has 0 aliphatic rings. The van der Waals surface area contributed by atoms with E-state index in [1.165, 1.54) is 10.7 Å². The highest BCUT2D eigenvalue weighted by Gasteiger charge is 2.26. The van der Waals surface area contributed by atoms with Gasteiger partial charge in [-0.3, -0.25) is 9.59 Å². The highest BCUT2D eigenvalue weighted by atomic mass is 79.9. The minimum absolute atomic E-state index is 0.0471. The van der Waals surface area contributed by atoms with E-state index in [1.54, 1.807) is 38.2 Å². The molecule has 0 fully saturated rings. The van der Waals surface area contributed by atoms with Crippen molar-refractivity contribution in [2.24, 2.45) is 5.73 Å². The quantitative estimate of drug-likeness (QED) is 0.411. The van der Waals surface area contributed by atoms with E-state index in [1.807, 2.05) is 0 Å². The Morgan fingerprint density at radius 3 is 2.72 bits per heavy atom. The number of esters is 1. The summed E-state index contributed by atoms with van der Waals surface area (Å²) in [6.07, 6.45) is 1.57. The van der Waals surface area contributed by atoms with Gasteiger partial charge in [0.1, 0.15) is 10.8 Å². The maximum absolute atomic E-state index is 12.7. The number of hydrogen-bond acceptors (Lipinski definition) is 7. The maximum Gasteiger partial charge on any atom is 0.341 e. The molecule has 1 aromatic carbocycles. The van der Waals surface area contributed by atoms with Crippen LogP contribution in [0, 0.1) is 6.92 Å². The number of ether oxygens (including phenoxy) is 2. The lowest BCUT2D eigenvalue weighted by atomic mass is 10.1. The fourth-order valence-electron chi connectivity index (χ4n) is 2.74. The van der Waals surface area contributed by atoms with Gasteiger partial charge in [-0.2, -0.15) is 5.10 Å². The van der Waals surface area contributed by atoms with Gasteiger partial charge in [-0.25, -0.2) is 9.48 Å². The molecule has 0 unspecified atom stereocenters. The molecule has 3 aromatic rings. The first kappa shape index (κ1) is 23.8. The first-order chi connectivity index (χ1) is 15.2. The van der Waals surface area contributed by atoms with Crippen LogP contribution in [0.4, 0.5) is 5.00 Å². The molecule has 0 aliphatic heterocycles. The zero-order chi connectivity index (χ0) is 23.4. The Labute approximate surface area is 200 Å². The van der Waals surface area contributed by atoms with Gasteiger partial charge in [0, 0.05) is 11.2 Å². The normalized spacial score (nSPS) is 10.6. The first-order valence-electron chi connectivity index (χ1n) is 9.24. The Balaban J connectivity index is 1.75. The summed E-state index contributed by atoms with van der Waals surface area (Å²) in [4.78, 5) is 36.9. The average Bonchev–Trinajstić information content (AvgIpc) is 3.32. The lowest BCUT2D eigenvalue weighted by molar-refractivity contribution is 0.0527. The molecule has 12 heteroatoms. The number of benzene rings is 1. The van der Waals surface area contributed by atoms with Crippen molar-refractivity contribution in [1.82, 2.24) is 9.78 Å². The number of halogens is 2. The highest BCUT2D eigenvalue weighted by Crippen LogP contribution is 2.34. The highest BCUT2D eigenvalue weighted by molar-refractivity contribution is 9.10. The predicted octanol–water partition coefficient (Wildman–Crippen LogP) is 4.23. The van der Waals surface area contributed by atoms with Crippen molar-refractivity contribution < 1.29 is 23.9 Å². The van der Waals surface area contributed by atoms with Crippen LogP contribution in [-0.4, -0.2) is 34.2 Å². The van der Waals surface area contributed by atoms with Gasteiger partial charge in [0.15, 0.2) is 12.4 Å². The van der Waals surface area contributed by atoms with Crippen molar-refractivity contribution in [2.75, 3.05) is 11.9 Å². The van der Waals surface area contributed by atoms with Crippen molar-refractivity contribution >= 4 is 61.7 Å². The summed E-state index contributed by atoms with van der Waals surface area (Å²) in [6, 6.07) is 6.59. The van der Waals surface area contributed by atoms with Crippen LogP contribution in [0.25, 0.3) is 0 Å². The molecule has 0 saturated carbocycles. The Kier molecular flexibility index (Phi) is 7.54. The van der Waals surface area contributed by atoms with Gasteiger partial charge in [0.05, 0.1) is 21.5 Å². The van der Waals surface area contributed by atoms with Crippen LogP contribution in [0.5, 0.6) is 5.75 Å². The molecule has 0 spiro atoms. The summed E-state index contributed by atoms with van der Waals surface area (Å²) < 4.78 is 12.8. The third kappa shape index (κ3) is 5.29. The number of nitrogens with two attached hydrogens (primary N) is 1. The summed E-state index contributed by atoms with van der Waals surface area (Å²) in [5.41, 5.74) is 5.91. The monoisotopic (exact) mass is 540 g/mol. The second-order valence-corrected chi connectivity index (χ2v) is 8.70. The van der Waals surface area contributed by atoms with Gasteiger partial charge < -0.3 is 20.5 Å². The molecule has 2 aromatic heterocycles. The van der Waals surface area contributed by atoms with E-state index in [-0.39, 0.29) is 34.5 Å². The smallest absolute Gasteiger partial charge is 0.341 e. The van der Waals surface area contributed by atoms with Crippen molar-refractivity contribution in [3.8, 4) is 5.75 Å². The van der Waals surface area contributed by atoms with Gasteiger partial charge in [-0.1, -0.05) is 11.6 Å². The molecule has 3 rings (SSSR count). The van der Waals surface area contributed by atoms with Gasteiger partial charge >= 0.3 is 5.97 Å². The molecule has 32 heavy (non-hydrogen) atoms. The van der Waals surface area contributed by atoms with Gasteiger partial charge in [0.2, 0.25) is 0 Å². The van der Waals surface area contributed by atoms with E-state index in [0.717, 1.165) is 11.3 Å². The molecule has 0 aliphatic carbocycles. The zero-order valence-corrected chi connectivity index (χ0v) is 20.1. The van der Waals surface area contributed by atoms with Crippen LogP contribution in [0.3, 0.4) is 0 Å². The molecule has 0 radical (unpaired) electrons. The molecule has 0 atom stereocenters. The average molecular weight is 542 g/mol. The van der Waals surface area contributed by atoms with Gasteiger partial charge in [0.25, 0.3) is 11.8 Å². The third-order valence-corrected chi connectivity index (χ3v) is 6.27. The first-order valence-corrected chi connectivity index (χ1v) is 11.2. The van der Waals surface area contributed by atoms with Crippen LogP contribution >= 0.6 is 38.9 Å². The van der Waals surface area contributed by atoms with Crippen molar-refractivity contribution in [2.45, 2.75) is 20.6 Å². The van der Waals surface area contributed by atoms with E-state index in [9.17, 15) is 14.4 Å². The Hall–Kier alpha value is -2.89. The van der Waals surface area contributed by atoms with E-state index in [0.29, 0.717) is 20.8 Å². The topological polar surface area (TPSA) is 126 Å². The van der Waals surface area contributed by atoms with Crippen molar-refractivity contribution in [3.05, 3.63) is 61.7 Å². The number of nitrogens with zero attached hydrogens (tertiary/aromatic N) is 2. The number of primary amides is 1. The predicted molar refractivity (Wildman–Crippen MR) is 123 cm³/mol. The largest absolute Gasteiger partial charge is 0.470 e. The van der Waals surface area contributed by atoms with E-state index >= 15 is 0 Å². The van der Waals surface area contributed by atoms with Crippen LogP contribution in [0.15, 0.2) is 34.9 Å². The molecule has 3 N–H and O–H groups in total. The second-order valence-electron chi connectivity index (χ2n) is 6.39. The summed E-state index contributed by atoms with van der Waals surface area (Å²) in [6.45, 7) is 3.41. The fraction of sp³-hybridized carbons (Fsp3) is 0.200. The van der Waals surface area contributed by atoms with Crippen LogP contribution < -0.4 is 15.8 Å². The number of thiophene rings is 1. The lowest BCUT2D eigenvalue weighted by Gasteiger charge is -2.08. The van der Waals surface area contributed by atoms with Crippen LogP contribution in [0.1, 0.15) is 43.0 Å². The fourth-order valence-corrected chi connectivity index (χ4v) is 4.57. The summed E-state index contributed by atoms with van der Waals surface area (Å²) in [5.74, 6) is -1.37. The molecule has 2 amide bonds. The Morgan fingerprint density at radius 2 is 2.06 bits per heavy atom. The molecule has 0 saturated heterocycles. The summed E-state index contributed by atoms with van der Waals surface area (Å²) >= 11 is 10.2. The Morgan fingerprint density at radius 1 is 1.31 bits per heavy atom. The number of rotatable bonds is 8. The molecule has 9 nitrogen and oxygen atoms in total. The summed E-state index contributed by atoms with van der Waals surface area (Å²) in [7, 11) is 0. The van der Waals surface area contributed by atoms with Crippen molar-refractivity contribution in [3.63, 3.8) is 0 Å². The maximum atomic E-state index is 12.7. The zero-order valence-electron chi connectivity index (χ0n) is 17.0. The van der Waals surface area contributed by atoms with E-state index in [2.05, 4.69) is 26.3 Å². The van der Waals surface area contributed by atoms with E-state index < -0.39 is 17.8 Å². The minimum atomic E-state index is -0.701. The standard InChI is InChI=1S/C20H18BrClN4O5S/c1-3-30-20(29)15-10(2)16(17(23)27)32-19(15)24-18(28)13-6-7-26(25-13)9-31-14-5-4-11(22)8-12(14)21/h4-8H,3,9H2,1-2H3,(H2,23,27)(H,24,28). The number of carbonyl (C=O) groups is 3. The second kappa shape index (κ2) is 10.2. The number of hydrogen-bond donors (Lipinski definition) is 2. The molecule has 2 heterocycles. The third-order valence-electron chi connectivity index (χ3n) is 4.20. The summed E-state index contributed by atoms with van der Waals surface area (Å²) in [5, 5.41) is 7.52. The molecular formula is C20H18BrClN4O5S. The van der Waals surface area contributed by atoms with Crippen LogP contribution in [0.2, 0.25) is 5.02 Å². The number of carbonyl (C=O) groups excluding carboxylic acids is 3. The molecular weight excluding hydrogens is 524 g/mol. The van der Waals surface area contributed by atoms with Crippen molar-refractivity contribution in [1.29, 1.82) is 0 Å². The lowest BCUT2D eigenvalue weighted by Crippen LogP contribution is -2.16. The molecule has 168 valence electrons. The molecule has 0 bridgehead atoms. The number of anilines is 1. The van der Waals surface area contributed by atoms with Gasteiger partial charge in [-0.05, 0) is 59.6 Å². The number of aromatic nitrogens is 2. The number of amides is 2. The van der Waals surface area contributed by atoms with E-state index in [4.69, 9.17) is 26.8 Å². The Bertz CT molecular complexity index is 1190. The number of nitrogens with one attached hydrogen (secondary N) is 1. The van der Waals surface area contributed by atoms with Gasteiger partial charge in [-0.15, -0.1) is 11.3 Å². The minimum Gasteiger partial charge on any atom is -0.470 e. The van der Waals surface area contributed by atoms with Crippen LogP contribution in [-0.2, 0) is 11.5 Å². The SMILES string of the molecule is CCOC(=O)c1c(NC(=O)c2ccn(COc3ccc(Cl)cc3Br)n2)sc(C(N)=O)c1C.